The van der Waals surface area contributed by atoms with Crippen molar-refractivity contribution >= 4 is 22.4 Å². The van der Waals surface area contributed by atoms with Crippen LogP contribution in [0.25, 0.3) is 22.0 Å². The zero-order chi connectivity index (χ0) is 12.5. The SMILES string of the molecule is Nc1ccc2nc(N)c(-c3ccccc3)cc2c1. The second-order valence-electron chi connectivity index (χ2n) is 4.24. The highest BCUT2D eigenvalue weighted by molar-refractivity contribution is 5.90. The van der Waals surface area contributed by atoms with Crippen molar-refractivity contribution < 1.29 is 0 Å². The Kier molecular flexibility index (Phi) is 2.38. The first-order chi connectivity index (χ1) is 8.74. The van der Waals surface area contributed by atoms with E-state index in [0.717, 1.165) is 27.7 Å². The third-order valence-electron chi connectivity index (χ3n) is 2.95. The fraction of sp³-hybridized carbons (Fsp3) is 0. The van der Waals surface area contributed by atoms with Crippen molar-refractivity contribution in [1.29, 1.82) is 0 Å². The number of benzene rings is 2. The highest BCUT2D eigenvalue weighted by atomic mass is 14.8. The number of hydrogen-bond donors (Lipinski definition) is 2. The minimum absolute atomic E-state index is 0.540. The van der Waals surface area contributed by atoms with Gasteiger partial charge >= 0.3 is 0 Å². The van der Waals surface area contributed by atoms with Gasteiger partial charge in [0.05, 0.1) is 5.52 Å². The molecule has 88 valence electrons. The number of pyridine rings is 1. The molecule has 1 aromatic heterocycles. The zero-order valence-corrected chi connectivity index (χ0v) is 9.80. The van der Waals surface area contributed by atoms with Gasteiger partial charge in [0.25, 0.3) is 0 Å². The molecule has 0 aliphatic heterocycles. The lowest BCUT2D eigenvalue weighted by molar-refractivity contribution is 1.41. The number of fused-ring (bicyclic) bond motifs is 1. The summed E-state index contributed by atoms with van der Waals surface area (Å²) in [7, 11) is 0. The molecule has 3 aromatic rings. The monoisotopic (exact) mass is 235 g/mol. The van der Waals surface area contributed by atoms with Crippen molar-refractivity contribution in [3.05, 3.63) is 54.6 Å². The van der Waals surface area contributed by atoms with E-state index >= 15 is 0 Å². The van der Waals surface area contributed by atoms with E-state index in [1.807, 2.05) is 54.6 Å². The number of nitrogens with zero attached hydrogens (tertiary/aromatic N) is 1. The second kappa shape index (κ2) is 4.04. The molecule has 3 rings (SSSR count). The summed E-state index contributed by atoms with van der Waals surface area (Å²) in [4.78, 5) is 4.42. The molecule has 3 nitrogen and oxygen atoms in total. The number of hydrogen-bond acceptors (Lipinski definition) is 3. The summed E-state index contributed by atoms with van der Waals surface area (Å²) in [5.74, 6) is 0.540. The molecular weight excluding hydrogens is 222 g/mol. The smallest absolute Gasteiger partial charge is 0.131 e. The minimum Gasteiger partial charge on any atom is -0.399 e. The maximum Gasteiger partial charge on any atom is 0.131 e. The molecule has 2 aromatic carbocycles. The summed E-state index contributed by atoms with van der Waals surface area (Å²) in [5, 5.41) is 1.00. The molecule has 4 N–H and O–H groups in total. The van der Waals surface area contributed by atoms with E-state index in [0.29, 0.717) is 5.82 Å². The summed E-state index contributed by atoms with van der Waals surface area (Å²) < 4.78 is 0. The van der Waals surface area contributed by atoms with Crippen LogP contribution < -0.4 is 11.5 Å². The molecule has 3 heteroatoms. The van der Waals surface area contributed by atoms with Crippen LogP contribution in [0.1, 0.15) is 0 Å². The van der Waals surface area contributed by atoms with Gasteiger partial charge in [-0.2, -0.15) is 0 Å². The number of anilines is 2. The van der Waals surface area contributed by atoms with Crippen molar-refractivity contribution in [3.63, 3.8) is 0 Å². The second-order valence-corrected chi connectivity index (χ2v) is 4.24. The topological polar surface area (TPSA) is 64.9 Å². The first-order valence-electron chi connectivity index (χ1n) is 5.75. The standard InChI is InChI=1S/C15H13N3/c16-12-6-7-14-11(8-12)9-13(15(17)18-14)10-4-2-1-3-5-10/h1-9H,16H2,(H2,17,18). The lowest BCUT2D eigenvalue weighted by Gasteiger charge is -2.07. The van der Waals surface area contributed by atoms with Crippen molar-refractivity contribution in [2.75, 3.05) is 11.5 Å². The van der Waals surface area contributed by atoms with E-state index < -0.39 is 0 Å². The van der Waals surface area contributed by atoms with Crippen LogP contribution in [0, 0.1) is 0 Å². The fourth-order valence-electron chi connectivity index (χ4n) is 2.06. The summed E-state index contributed by atoms with van der Waals surface area (Å²) in [5.41, 5.74) is 15.4. The van der Waals surface area contributed by atoms with Gasteiger partial charge in [-0.1, -0.05) is 30.3 Å². The van der Waals surface area contributed by atoms with Crippen molar-refractivity contribution in [2.24, 2.45) is 0 Å². The van der Waals surface area contributed by atoms with Crippen molar-refractivity contribution in [1.82, 2.24) is 4.98 Å². The van der Waals surface area contributed by atoms with Gasteiger partial charge in [0.1, 0.15) is 5.82 Å². The highest BCUT2D eigenvalue weighted by Crippen LogP contribution is 2.28. The predicted octanol–water partition coefficient (Wildman–Crippen LogP) is 3.07. The Balaban J connectivity index is 2.27. The van der Waals surface area contributed by atoms with E-state index in [-0.39, 0.29) is 0 Å². The molecule has 18 heavy (non-hydrogen) atoms. The van der Waals surface area contributed by atoms with Gasteiger partial charge in [-0.3, -0.25) is 0 Å². The quantitative estimate of drug-likeness (QED) is 0.637. The van der Waals surface area contributed by atoms with E-state index in [1.165, 1.54) is 0 Å². The first-order valence-corrected chi connectivity index (χ1v) is 5.75. The highest BCUT2D eigenvalue weighted by Gasteiger charge is 2.06. The van der Waals surface area contributed by atoms with Gasteiger partial charge in [0.2, 0.25) is 0 Å². The predicted molar refractivity (Wildman–Crippen MR) is 76.0 cm³/mol. The number of aromatic nitrogens is 1. The summed E-state index contributed by atoms with van der Waals surface area (Å²) in [6.45, 7) is 0. The normalized spacial score (nSPS) is 10.7. The Morgan fingerprint density at radius 3 is 2.39 bits per heavy atom. The van der Waals surface area contributed by atoms with Crippen LogP contribution in [0.4, 0.5) is 11.5 Å². The maximum atomic E-state index is 6.01. The average molecular weight is 235 g/mol. The molecule has 0 spiro atoms. The molecule has 0 amide bonds. The molecular formula is C15H13N3. The van der Waals surface area contributed by atoms with Crippen LogP contribution in [-0.2, 0) is 0 Å². The van der Waals surface area contributed by atoms with Crippen LogP contribution in [0.15, 0.2) is 54.6 Å². The van der Waals surface area contributed by atoms with Crippen molar-refractivity contribution in [2.45, 2.75) is 0 Å². The third-order valence-corrected chi connectivity index (χ3v) is 2.95. The van der Waals surface area contributed by atoms with Crippen molar-refractivity contribution in [3.8, 4) is 11.1 Å². The molecule has 0 saturated heterocycles. The lowest BCUT2D eigenvalue weighted by atomic mass is 10.0. The Hall–Kier alpha value is -2.55. The van der Waals surface area contributed by atoms with Gasteiger partial charge in [-0.25, -0.2) is 4.98 Å². The Morgan fingerprint density at radius 2 is 1.61 bits per heavy atom. The molecule has 1 heterocycles. The molecule has 0 aliphatic rings. The Bertz CT molecular complexity index is 706. The fourth-order valence-corrected chi connectivity index (χ4v) is 2.06. The zero-order valence-electron chi connectivity index (χ0n) is 9.80. The first kappa shape index (κ1) is 10.6. The Morgan fingerprint density at radius 1 is 0.833 bits per heavy atom. The van der Waals surface area contributed by atoms with Crippen LogP contribution in [0.5, 0.6) is 0 Å². The van der Waals surface area contributed by atoms with E-state index in [4.69, 9.17) is 11.5 Å². The van der Waals surface area contributed by atoms with Gasteiger partial charge in [-0.05, 0) is 29.8 Å². The summed E-state index contributed by atoms with van der Waals surface area (Å²) in [6.07, 6.45) is 0. The summed E-state index contributed by atoms with van der Waals surface area (Å²) in [6, 6.07) is 17.6. The largest absolute Gasteiger partial charge is 0.399 e. The van der Waals surface area contributed by atoms with Gasteiger partial charge in [0.15, 0.2) is 0 Å². The molecule has 0 bridgehead atoms. The van der Waals surface area contributed by atoms with E-state index in [1.54, 1.807) is 0 Å². The third kappa shape index (κ3) is 1.76. The van der Waals surface area contributed by atoms with Crippen LogP contribution in [0.3, 0.4) is 0 Å². The maximum absolute atomic E-state index is 6.01. The van der Waals surface area contributed by atoms with Gasteiger partial charge in [-0.15, -0.1) is 0 Å². The summed E-state index contributed by atoms with van der Waals surface area (Å²) >= 11 is 0. The Labute approximate surface area is 105 Å². The molecule has 0 unspecified atom stereocenters. The molecule has 0 saturated carbocycles. The van der Waals surface area contributed by atoms with Gasteiger partial charge in [0, 0.05) is 16.6 Å². The van der Waals surface area contributed by atoms with Crippen LogP contribution >= 0.6 is 0 Å². The van der Waals surface area contributed by atoms with Crippen LogP contribution in [0.2, 0.25) is 0 Å². The average Bonchev–Trinajstić information content (AvgIpc) is 2.39. The lowest BCUT2D eigenvalue weighted by Crippen LogP contribution is -1.95. The number of rotatable bonds is 1. The molecule has 0 radical (unpaired) electrons. The van der Waals surface area contributed by atoms with Gasteiger partial charge < -0.3 is 11.5 Å². The van der Waals surface area contributed by atoms with E-state index in [2.05, 4.69) is 4.98 Å². The number of nitrogen functional groups attached to an aromatic ring is 2. The van der Waals surface area contributed by atoms with Crippen LogP contribution in [-0.4, -0.2) is 4.98 Å². The van der Waals surface area contributed by atoms with E-state index in [9.17, 15) is 0 Å². The molecule has 0 aliphatic carbocycles. The minimum atomic E-state index is 0.540. The number of nitrogens with two attached hydrogens (primary N) is 2. The molecule has 0 fully saturated rings. The molecule has 0 atom stereocenters.